The zero-order chi connectivity index (χ0) is 29.2. The number of rotatable bonds is 13. The maximum absolute atomic E-state index is 6.32. The molecule has 0 aliphatic heterocycles. The molecule has 2 atom stereocenters. The largest absolute Gasteiger partial charge is 0.361 e. The predicted octanol–water partition coefficient (Wildman–Crippen LogP) is 8.28. The average molecular weight is 659 g/mol. The number of pyridine rings is 1. The van der Waals surface area contributed by atoms with Gasteiger partial charge in [-0.15, -0.1) is 0 Å². The third-order valence-corrected chi connectivity index (χ3v) is 12.5. The number of hydrogen-bond donors (Lipinski definition) is 0. The van der Waals surface area contributed by atoms with Crippen molar-refractivity contribution < 1.29 is 9.47 Å². The third-order valence-electron chi connectivity index (χ3n) is 8.63. The smallest absolute Gasteiger partial charge is 0.165 e. The van der Waals surface area contributed by atoms with E-state index in [9.17, 15) is 0 Å². The number of hydrogen-bond acceptors (Lipinski definition) is 6. The fourth-order valence-corrected chi connectivity index (χ4v) is 7.91. The summed E-state index contributed by atoms with van der Waals surface area (Å²) in [6, 6.07) is 8.62. The van der Waals surface area contributed by atoms with Crippen LogP contribution in [0.2, 0.25) is 51.4 Å². The Balaban J connectivity index is 1.50. The molecule has 3 aromatic rings. The van der Waals surface area contributed by atoms with E-state index in [0.717, 1.165) is 64.3 Å². The van der Waals surface area contributed by atoms with Gasteiger partial charge in [-0.1, -0.05) is 52.1 Å². The molecule has 2 fully saturated rings. The lowest BCUT2D eigenvalue weighted by Gasteiger charge is -2.30. The molecule has 41 heavy (non-hydrogen) atoms. The Kier molecular flexibility index (Phi) is 9.75. The molecule has 3 heterocycles. The van der Waals surface area contributed by atoms with Crippen LogP contribution in [0.15, 0.2) is 35.2 Å². The Labute approximate surface area is 256 Å². The molecular weight excluding hydrogens is 610 g/mol. The van der Waals surface area contributed by atoms with Crippen LogP contribution < -0.4 is 4.90 Å². The van der Waals surface area contributed by atoms with Gasteiger partial charge in [-0.05, 0) is 71.2 Å². The number of ether oxygens (including phenoxy) is 2. The van der Waals surface area contributed by atoms with Gasteiger partial charge in [0.25, 0.3) is 0 Å². The van der Waals surface area contributed by atoms with Crippen molar-refractivity contribution in [3.63, 3.8) is 0 Å². The second-order valence-electron chi connectivity index (χ2n) is 14.7. The highest BCUT2D eigenvalue weighted by molar-refractivity contribution is 9.10. The van der Waals surface area contributed by atoms with Gasteiger partial charge in [0.05, 0.1) is 6.20 Å². The van der Waals surface area contributed by atoms with Crippen molar-refractivity contribution in [1.82, 2.24) is 19.6 Å². The van der Waals surface area contributed by atoms with E-state index in [0.29, 0.717) is 19.4 Å². The van der Waals surface area contributed by atoms with Crippen LogP contribution in [0.3, 0.4) is 0 Å². The van der Waals surface area contributed by atoms with Gasteiger partial charge in [-0.25, -0.2) is 9.97 Å². The first-order valence-corrected chi connectivity index (χ1v) is 23.6. The van der Waals surface area contributed by atoms with Crippen molar-refractivity contribution in [2.24, 2.45) is 11.8 Å². The quantitative estimate of drug-likeness (QED) is 0.0798. The van der Waals surface area contributed by atoms with E-state index in [-0.39, 0.29) is 0 Å². The van der Waals surface area contributed by atoms with Gasteiger partial charge < -0.3 is 14.4 Å². The van der Waals surface area contributed by atoms with Crippen molar-refractivity contribution in [1.29, 1.82) is 0 Å². The van der Waals surface area contributed by atoms with E-state index in [1.165, 1.54) is 37.8 Å². The van der Waals surface area contributed by atoms with Crippen LogP contribution in [0.5, 0.6) is 0 Å². The molecule has 5 rings (SSSR count). The number of halogens is 1. The normalized spacial score (nSPS) is 21.1. The highest BCUT2D eigenvalue weighted by Crippen LogP contribution is 2.48. The number of nitrogens with zero attached hydrogens (tertiary/aromatic N) is 5. The lowest BCUT2D eigenvalue weighted by molar-refractivity contribution is 0.0942. The Morgan fingerprint density at radius 3 is 2.10 bits per heavy atom. The molecule has 2 unspecified atom stereocenters. The molecule has 0 N–H and O–H groups in total. The molecule has 0 saturated heterocycles. The van der Waals surface area contributed by atoms with Gasteiger partial charge in [0.1, 0.15) is 23.9 Å². The monoisotopic (exact) mass is 657 g/mol. The topological polar surface area (TPSA) is 64.8 Å². The van der Waals surface area contributed by atoms with Gasteiger partial charge in [0.2, 0.25) is 0 Å². The minimum absolute atomic E-state index is 0.473. The standard InChI is InChI=1S/C31H48BrN5O2Si2/c1-40(2,3)13-11-38-21-36(22-39-12-14-41(4,5)6)30-18-28(26-16-23-7-8-24(15-23)17-26)35-31-27(20-34-37(30)31)25-9-10-29(32)33-19-25/h9-10,18-20,23-24,26H,7-8,11-17,21-22H2,1-6H3. The molecule has 3 aromatic heterocycles. The van der Waals surface area contributed by atoms with Gasteiger partial charge in [-0.3, -0.25) is 0 Å². The van der Waals surface area contributed by atoms with Crippen molar-refractivity contribution in [2.45, 2.75) is 89.4 Å². The highest BCUT2D eigenvalue weighted by Gasteiger charge is 2.36. The molecular formula is C31H48BrN5O2Si2. The Morgan fingerprint density at radius 2 is 1.54 bits per heavy atom. The van der Waals surface area contributed by atoms with Crippen molar-refractivity contribution >= 4 is 43.5 Å². The number of aromatic nitrogens is 4. The second kappa shape index (κ2) is 13.0. The molecule has 2 saturated carbocycles. The second-order valence-corrected chi connectivity index (χ2v) is 26.7. The van der Waals surface area contributed by atoms with E-state index in [2.05, 4.69) is 77.2 Å². The first-order chi connectivity index (χ1) is 19.4. The van der Waals surface area contributed by atoms with Crippen LogP contribution in [-0.2, 0) is 9.47 Å². The summed E-state index contributed by atoms with van der Waals surface area (Å²) in [6.45, 7) is 16.8. The molecule has 0 amide bonds. The van der Waals surface area contributed by atoms with Gasteiger partial charge in [-0.2, -0.15) is 9.61 Å². The number of anilines is 1. The Hall–Kier alpha value is -1.60. The summed E-state index contributed by atoms with van der Waals surface area (Å²) in [7, 11) is -2.38. The Bertz CT molecular complexity index is 1270. The molecule has 10 heteroatoms. The summed E-state index contributed by atoms with van der Waals surface area (Å²) in [4.78, 5) is 12.0. The summed E-state index contributed by atoms with van der Waals surface area (Å²) in [5.41, 5.74) is 4.09. The van der Waals surface area contributed by atoms with Gasteiger partial charge in [0.15, 0.2) is 5.65 Å². The van der Waals surface area contributed by atoms with E-state index >= 15 is 0 Å². The van der Waals surface area contributed by atoms with Crippen LogP contribution in [-0.4, -0.2) is 62.4 Å². The molecule has 2 bridgehead atoms. The minimum Gasteiger partial charge on any atom is -0.361 e. The van der Waals surface area contributed by atoms with Crippen molar-refractivity contribution in [3.05, 3.63) is 40.9 Å². The number of fused-ring (bicyclic) bond motifs is 3. The van der Waals surface area contributed by atoms with Crippen molar-refractivity contribution in [2.75, 3.05) is 31.6 Å². The molecule has 0 aromatic carbocycles. The van der Waals surface area contributed by atoms with E-state index in [1.54, 1.807) is 0 Å². The summed E-state index contributed by atoms with van der Waals surface area (Å²) in [5, 5.41) is 4.88. The SMILES string of the molecule is C[Si](C)(C)CCOCN(COCC[Si](C)(C)C)c1cc(C2CC3CCC(C3)C2)nc2c(-c3ccc(Br)nc3)cnn12. The minimum atomic E-state index is -1.19. The molecule has 2 aliphatic carbocycles. The summed E-state index contributed by atoms with van der Waals surface area (Å²) >= 11 is 3.48. The predicted molar refractivity (Wildman–Crippen MR) is 177 cm³/mol. The molecule has 2 aliphatic rings. The zero-order valence-corrected chi connectivity index (χ0v) is 29.4. The van der Waals surface area contributed by atoms with Crippen LogP contribution >= 0.6 is 15.9 Å². The van der Waals surface area contributed by atoms with Crippen LogP contribution in [0, 0.1) is 11.8 Å². The van der Waals surface area contributed by atoms with Crippen molar-refractivity contribution in [3.8, 4) is 11.1 Å². The fourth-order valence-electron chi connectivity index (χ4n) is 6.16. The molecule has 0 radical (unpaired) electrons. The lowest BCUT2D eigenvalue weighted by atomic mass is 9.79. The van der Waals surface area contributed by atoms with Gasteiger partial charge >= 0.3 is 0 Å². The van der Waals surface area contributed by atoms with Crippen LogP contribution in [0.1, 0.15) is 43.7 Å². The zero-order valence-electron chi connectivity index (χ0n) is 25.8. The summed E-state index contributed by atoms with van der Waals surface area (Å²) in [5.74, 6) is 3.16. The first kappa shape index (κ1) is 30.8. The third kappa shape index (κ3) is 8.28. The van der Waals surface area contributed by atoms with Gasteiger partial charge in [0, 0.05) is 64.4 Å². The first-order valence-electron chi connectivity index (χ1n) is 15.4. The van der Waals surface area contributed by atoms with Crippen LogP contribution in [0.25, 0.3) is 16.8 Å². The Morgan fingerprint density at radius 1 is 0.902 bits per heavy atom. The maximum Gasteiger partial charge on any atom is 0.165 e. The lowest BCUT2D eigenvalue weighted by Crippen LogP contribution is -2.33. The van der Waals surface area contributed by atoms with E-state index in [1.807, 2.05) is 23.0 Å². The average Bonchev–Trinajstić information content (AvgIpc) is 3.48. The summed E-state index contributed by atoms with van der Waals surface area (Å²) < 4.78 is 15.4. The van der Waals surface area contributed by atoms with E-state index in [4.69, 9.17) is 19.6 Å². The molecule has 224 valence electrons. The molecule has 0 spiro atoms. The van der Waals surface area contributed by atoms with E-state index < -0.39 is 16.1 Å². The molecule has 7 nitrogen and oxygen atoms in total. The van der Waals surface area contributed by atoms with Crippen LogP contribution in [0.4, 0.5) is 5.82 Å². The highest BCUT2D eigenvalue weighted by atomic mass is 79.9. The summed E-state index contributed by atoms with van der Waals surface area (Å²) in [6.07, 6.45) is 10.5. The fraction of sp³-hybridized carbons (Fsp3) is 0.645. The maximum atomic E-state index is 6.32.